The van der Waals surface area contributed by atoms with Crippen molar-refractivity contribution in [1.29, 1.82) is 5.41 Å². The molecule has 0 unspecified atom stereocenters. The van der Waals surface area contributed by atoms with Crippen molar-refractivity contribution >= 4 is 5.84 Å². The van der Waals surface area contributed by atoms with Gasteiger partial charge in [0.15, 0.2) is 0 Å². The third-order valence-corrected chi connectivity index (χ3v) is 2.33. The fourth-order valence-electron chi connectivity index (χ4n) is 1.53. The van der Waals surface area contributed by atoms with Gasteiger partial charge in [-0.25, -0.2) is 0 Å². The zero-order valence-electron chi connectivity index (χ0n) is 8.77. The number of H-pyrrole nitrogens is 1. The van der Waals surface area contributed by atoms with Crippen LogP contribution in [0.1, 0.15) is 12.0 Å². The maximum atomic E-state index is 7.21. The Labute approximate surface area is 93.2 Å². The zero-order valence-corrected chi connectivity index (χ0v) is 8.77. The number of nitrogens with zero attached hydrogens (tertiary/aromatic N) is 2. The van der Waals surface area contributed by atoms with E-state index in [0.717, 1.165) is 23.2 Å². The lowest BCUT2D eigenvalue weighted by Crippen LogP contribution is -2.10. The van der Waals surface area contributed by atoms with E-state index in [9.17, 15) is 0 Å². The number of pyridine rings is 1. The topological polar surface area (TPSA) is 91.4 Å². The smallest absolute Gasteiger partial charge is 0.0908 e. The molecule has 0 spiro atoms. The molecule has 0 amide bonds. The van der Waals surface area contributed by atoms with Crippen LogP contribution in [-0.2, 0) is 6.42 Å². The van der Waals surface area contributed by atoms with E-state index in [-0.39, 0.29) is 5.84 Å². The third kappa shape index (κ3) is 2.25. The van der Waals surface area contributed by atoms with E-state index in [1.54, 1.807) is 18.6 Å². The van der Waals surface area contributed by atoms with Crippen LogP contribution >= 0.6 is 0 Å². The number of hydrogen-bond acceptors (Lipinski definition) is 3. The monoisotopic (exact) mass is 215 g/mol. The van der Waals surface area contributed by atoms with Gasteiger partial charge in [0.05, 0.1) is 17.7 Å². The lowest BCUT2D eigenvalue weighted by atomic mass is 10.1. The van der Waals surface area contributed by atoms with Crippen molar-refractivity contribution in [2.24, 2.45) is 5.73 Å². The molecule has 0 saturated carbocycles. The molecule has 0 fully saturated rings. The molecule has 2 rings (SSSR count). The summed E-state index contributed by atoms with van der Waals surface area (Å²) in [6, 6.07) is 3.85. The van der Waals surface area contributed by atoms with Crippen molar-refractivity contribution < 1.29 is 0 Å². The minimum absolute atomic E-state index is 0.193. The summed E-state index contributed by atoms with van der Waals surface area (Å²) in [5.41, 5.74) is 8.35. The van der Waals surface area contributed by atoms with E-state index in [1.165, 1.54) is 0 Å². The first-order valence-corrected chi connectivity index (χ1v) is 5.03. The van der Waals surface area contributed by atoms with Gasteiger partial charge in [0.1, 0.15) is 0 Å². The summed E-state index contributed by atoms with van der Waals surface area (Å²) in [5, 5.41) is 14.2. The Hall–Kier alpha value is -2.17. The van der Waals surface area contributed by atoms with Crippen molar-refractivity contribution in [2.45, 2.75) is 12.8 Å². The summed E-state index contributed by atoms with van der Waals surface area (Å²) in [6.45, 7) is 0. The van der Waals surface area contributed by atoms with E-state index >= 15 is 0 Å². The molecule has 0 saturated heterocycles. The van der Waals surface area contributed by atoms with Crippen molar-refractivity contribution in [2.75, 3.05) is 0 Å². The van der Waals surface area contributed by atoms with E-state index in [4.69, 9.17) is 11.1 Å². The number of aromatic amines is 1. The summed E-state index contributed by atoms with van der Waals surface area (Å²) >= 11 is 0. The molecule has 4 N–H and O–H groups in total. The van der Waals surface area contributed by atoms with Gasteiger partial charge in [-0.1, -0.05) is 0 Å². The Kier molecular flexibility index (Phi) is 2.95. The van der Waals surface area contributed by atoms with Crippen LogP contribution < -0.4 is 5.73 Å². The van der Waals surface area contributed by atoms with E-state index in [1.807, 2.05) is 12.1 Å². The molecule has 2 heterocycles. The van der Waals surface area contributed by atoms with Crippen LogP contribution in [0.2, 0.25) is 0 Å². The van der Waals surface area contributed by atoms with Gasteiger partial charge in [0, 0.05) is 24.4 Å². The molecular formula is C11H13N5. The molecule has 0 aliphatic heterocycles. The van der Waals surface area contributed by atoms with Gasteiger partial charge < -0.3 is 5.73 Å². The first-order valence-electron chi connectivity index (χ1n) is 5.03. The summed E-state index contributed by atoms with van der Waals surface area (Å²) < 4.78 is 0. The fraction of sp³-hybridized carbons (Fsp3) is 0.182. The Morgan fingerprint density at radius 1 is 1.44 bits per heavy atom. The highest BCUT2D eigenvalue weighted by Crippen LogP contribution is 2.20. The van der Waals surface area contributed by atoms with Crippen molar-refractivity contribution in [3.8, 4) is 11.3 Å². The fourth-order valence-corrected chi connectivity index (χ4v) is 1.53. The molecule has 0 radical (unpaired) electrons. The van der Waals surface area contributed by atoms with E-state index < -0.39 is 0 Å². The SMILES string of the molecule is N=C(N)CCc1cn[nH]c1-c1cccnc1. The van der Waals surface area contributed by atoms with Gasteiger partial charge in [-0.2, -0.15) is 5.10 Å². The predicted molar refractivity (Wildman–Crippen MR) is 62.1 cm³/mol. The molecule has 2 aromatic heterocycles. The van der Waals surface area contributed by atoms with Gasteiger partial charge in [0.2, 0.25) is 0 Å². The van der Waals surface area contributed by atoms with Crippen molar-refractivity contribution in [3.05, 3.63) is 36.3 Å². The molecule has 0 aromatic carbocycles. The van der Waals surface area contributed by atoms with Crippen molar-refractivity contribution in [1.82, 2.24) is 15.2 Å². The first-order chi connectivity index (χ1) is 7.77. The van der Waals surface area contributed by atoms with Crippen LogP contribution in [0.25, 0.3) is 11.3 Å². The average molecular weight is 215 g/mol. The summed E-state index contributed by atoms with van der Waals surface area (Å²) in [6.07, 6.45) is 6.55. The largest absolute Gasteiger partial charge is 0.388 e. The maximum absolute atomic E-state index is 7.21. The van der Waals surface area contributed by atoms with E-state index in [2.05, 4.69) is 15.2 Å². The minimum Gasteiger partial charge on any atom is -0.388 e. The van der Waals surface area contributed by atoms with Gasteiger partial charge in [-0.15, -0.1) is 0 Å². The predicted octanol–water partition coefficient (Wildman–Crippen LogP) is 1.34. The Balaban J connectivity index is 2.23. The quantitative estimate of drug-likeness (QED) is 0.531. The highest BCUT2D eigenvalue weighted by molar-refractivity contribution is 5.77. The van der Waals surface area contributed by atoms with Gasteiger partial charge >= 0.3 is 0 Å². The summed E-state index contributed by atoms with van der Waals surface area (Å²) in [7, 11) is 0. The number of nitrogens with two attached hydrogens (primary N) is 1. The molecule has 0 atom stereocenters. The van der Waals surface area contributed by atoms with Crippen LogP contribution in [0, 0.1) is 5.41 Å². The Bertz CT molecular complexity index is 474. The molecule has 0 aliphatic carbocycles. The maximum Gasteiger partial charge on any atom is 0.0908 e. The number of amidine groups is 1. The standard InChI is InChI=1S/C11H13N5/c12-10(13)4-3-9-7-15-16-11(9)8-2-1-5-14-6-8/h1-2,5-7H,3-4H2,(H3,12,13)(H,15,16). The van der Waals surface area contributed by atoms with Crippen LogP contribution in [0.15, 0.2) is 30.7 Å². The average Bonchev–Trinajstić information content (AvgIpc) is 2.75. The molecule has 2 aromatic rings. The number of aromatic nitrogens is 3. The van der Waals surface area contributed by atoms with Crippen LogP contribution in [0.3, 0.4) is 0 Å². The Morgan fingerprint density at radius 2 is 2.31 bits per heavy atom. The molecule has 5 nitrogen and oxygen atoms in total. The summed E-state index contributed by atoms with van der Waals surface area (Å²) in [5.74, 6) is 0.193. The number of nitrogens with one attached hydrogen (secondary N) is 2. The second-order valence-corrected chi connectivity index (χ2v) is 3.54. The van der Waals surface area contributed by atoms with Crippen molar-refractivity contribution in [3.63, 3.8) is 0 Å². The van der Waals surface area contributed by atoms with Gasteiger partial charge in [0.25, 0.3) is 0 Å². The number of aryl methyl sites for hydroxylation is 1. The lowest BCUT2D eigenvalue weighted by molar-refractivity contribution is 1.02. The Morgan fingerprint density at radius 3 is 3.00 bits per heavy atom. The highest BCUT2D eigenvalue weighted by Gasteiger charge is 2.07. The van der Waals surface area contributed by atoms with E-state index in [0.29, 0.717) is 6.42 Å². The number of hydrogen-bond donors (Lipinski definition) is 3. The first kappa shape index (κ1) is 10.4. The van der Waals surface area contributed by atoms with Crippen LogP contribution in [0.4, 0.5) is 0 Å². The normalized spacial score (nSPS) is 10.2. The molecule has 82 valence electrons. The molecule has 0 bridgehead atoms. The zero-order chi connectivity index (χ0) is 11.4. The van der Waals surface area contributed by atoms with Crippen LogP contribution in [-0.4, -0.2) is 21.0 Å². The molecule has 5 heteroatoms. The van der Waals surface area contributed by atoms with Gasteiger partial charge in [-0.05, 0) is 24.1 Å². The minimum atomic E-state index is 0.193. The summed E-state index contributed by atoms with van der Waals surface area (Å²) in [4.78, 5) is 4.06. The third-order valence-electron chi connectivity index (χ3n) is 2.33. The lowest BCUT2D eigenvalue weighted by Gasteiger charge is -2.01. The molecule has 16 heavy (non-hydrogen) atoms. The number of rotatable bonds is 4. The second-order valence-electron chi connectivity index (χ2n) is 3.54. The highest BCUT2D eigenvalue weighted by atomic mass is 15.1. The molecule has 0 aliphatic rings. The van der Waals surface area contributed by atoms with Gasteiger partial charge in [-0.3, -0.25) is 15.5 Å². The van der Waals surface area contributed by atoms with Crippen LogP contribution in [0.5, 0.6) is 0 Å². The molecular weight excluding hydrogens is 202 g/mol. The second kappa shape index (κ2) is 4.57.